The number of carbonyl (C=O) groups is 1. The Morgan fingerprint density at radius 1 is 1.21 bits per heavy atom. The van der Waals surface area contributed by atoms with Crippen LogP contribution in [0, 0.1) is 0 Å². The van der Waals surface area contributed by atoms with Gasteiger partial charge in [-0.05, 0) is 24.3 Å². The number of hydrogen-bond donors (Lipinski definition) is 2. The van der Waals surface area contributed by atoms with Gasteiger partial charge in [0.1, 0.15) is 0 Å². The summed E-state index contributed by atoms with van der Waals surface area (Å²) in [5.41, 5.74) is 1.26. The summed E-state index contributed by atoms with van der Waals surface area (Å²) in [6, 6.07) is 13.4. The molecule has 2 N–H and O–H groups in total. The van der Waals surface area contributed by atoms with Gasteiger partial charge in [-0.2, -0.15) is 0 Å². The molecule has 0 aliphatic heterocycles. The first kappa shape index (κ1) is 13.9. The van der Waals surface area contributed by atoms with E-state index in [0.717, 1.165) is 10.2 Å². The molecule has 1 atom stereocenters. The minimum absolute atomic E-state index is 0.408. The van der Waals surface area contributed by atoms with Crippen molar-refractivity contribution in [2.45, 2.75) is 6.04 Å². The normalized spacial score (nSPS) is 11.9. The molecule has 0 heterocycles. The molecular weight excluding hydrogens is 330 g/mol. The van der Waals surface area contributed by atoms with Gasteiger partial charge >= 0.3 is 5.97 Å². The Morgan fingerprint density at radius 2 is 1.89 bits per heavy atom. The number of hydrogen-bond acceptors (Lipinski definition) is 2. The first-order chi connectivity index (χ1) is 9.08. The third-order valence-corrected chi connectivity index (χ3v) is 3.43. The van der Waals surface area contributed by atoms with Crippen molar-refractivity contribution in [3.8, 4) is 0 Å². The number of benzene rings is 2. The third-order valence-electron chi connectivity index (χ3n) is 2.61. The van der Waals surface area contributed by atoms with E-state index >= 15 is 0 Å². The zero-order valence-corrected chi connectivity index (χ0v) is 12.1. The number of halogens is 2. The average Bonchev–Trinajstić information content (AvgIpc) is 2.38. The van der Waals surface area contributed by atoms with Crippen LogP contribution in [0.4, 0.5) is 5.69 Å². The van der Waals surface area contributed by atoms with Crippen LogP contribution >= 0.6 is 27.5 Å². The molecule has 0 radical (unpaired) electrons. The lowest BCUT2D eigenvalue weighted by atomic mass is 10.1. The fourth-order valence-electron chi connectivity index (χ4n) is 1.71. The number of carboxylic acid groups (broad SMARTS) is 1. The van der Waals surface area contributed by atoms with Crippen molar-refractivity contribution < 1.29 is 9.90 Å². The molecule has 0 aliphatic rings. The van der Waals surface area contributed by atoms with Crippen LogP contribution in [0.1, 0.15) is 11.6 Å². The predicted octanol–water partition coefficient (Wildman–Crippen LogP) is 4.34. The predicted molar refractivity (Wildman–Crippen MR) is 79.6 cm³/mol. The van der Waals surface area contributed by atoms with E-state index < -0.39 is 12.0 Å². The second-order valence-corrected chi connectivity index (χ2v) is 5.27. The molecular formula is C14H11BrClNO2. The summed E-state index contributed by atoms with van der Waals surface area (Å²) in [6.07, 6.45) is 0. The van der Waals surface area contributed by atoms with Gasteiger partial charge < -0.3 is 10.4 Å². The van der Waals surface area contributed by atoms with E-state index in [9.17, 15) is 9.90 Å². The van der Waals surface area contributed by atoms with Gasteiger partial charge in [0.2, 0.25) is 0 Å². The highest BCUT2D eigenvalue weighted by Gasteiger charge is 2.22. The number of para-hydroxylation sites is 1. The average molecular weight is 341 g/mol. The Bertz CT molecular complexity index is 589. The highest BCUT2D eigenvalue weighted by molar-refractivity contribution is 9.10. The maximum atomic E-state index is 11.4. The molecule has 0 fully saturated rings. The number of nitrogens with one attached hydrogen (secondary N) is 1. The maximum absolute atomic E-state index is 11.4. The molecule has 0 saturated heterocycles. The van der Waals surface area contributed by atoms with Crippen LogP contribution in [0.25, 0.3) is 0 Å². The summed E-state index contributed by atoms with van der Waals surface area (Å²) in [5, 5.41) is 12.7. The van der Waals surface area contributed by atoms with Crippen LogP contribution < -0.4 is 5.32 Å². The molecule has 98 valence electrons. The Labute approximate surface area is 124 Å². The molecule has 1 unspecified atom stereocenters. The highest BCUT2D eigenvalue weighted by Crippen LogP contribution is 2.29. The summed E-state index contributed by atoms with van der Waals surface area (Å²) in [5.74, 6) is -0.979. The number of carboxylic acids is 1. The Morgan fingerprint density at radius 3 is 2.47 bits per heavy atom. The van der Waals surface area contributed by atoms with Gasteiger partial charge in [-0.25, -0.2) is 4.79 Å². The van der Waals surface area contributed by atoms with Crippen molar-refractivity contribution in [2.75, 3.05) is 5.32 Å². The zero-order valence-electron chi connectivity index (χ0n) is 9.81. The molecule has 5 heteroatoms. The van der Waals surface area contributed by atoms with Gasteiger partial charge in [0.25, 0.3) is 0 Å². The molecule has 0 bridgehead atoms. The topological polar surface area (TPSA) is 49.3 Å². The van der Waals surface area contributed by atoms with Crippen LogP contribution in [0.3, 0.4) is 0 Å². The smallest absolute Gasteiger partial charge is 0.330 e. The fraction of sp³-hybridized carbons (Fsp3) is 0.0714. The quantitative estimate of drug-likeness (QED) is 0.870. The fourth-order valence-corrected chi connectivity index (χ4v) is 2.49. The van der Waals surface area contributed by atoms with E-state index in [0.29, 0.717) is 10.6 Å². The molecule has 19 heavy (non-hydrogen) atoms. The van der Waals surface area contributed by atoms with Crippen LogP contribution in [-0.4, -0.2) is 11.1 Å². The van der Waals surface area contributed by atoms with Crippen molar-refractivity contribution >= 4 is 39.2 Å². The molecule has 2 aromatic rings. The Hall–Kier alpha value is -1.52. The van der Waals surface area contributed by atoms with Gasteiger partial charge in [0, 0.05) is 20.7 Å². The van der Waals surface area contributed by atoms with Crippen molar-refractivity contribution in [3.05, 3.63) is 63.6 Å². The zero-order chi connectivity index (χ0) is 13.8. The molecule has 0 aromatic heterocycles. The van der Waals surface area contributed by atoms with Gasteiger partial charge in [0.05, 0.1) is 0 Å². The van der Waals surface area contributed by atoms with Crippen LogP contribution in [0.15, 0.2) is 53.0 Å². The number of anilines is 1. The van der Waals surface area contributed by atoms with Crippen LogP contribution in [0.5, 0.6) is 0 Å². The monoisotopic (exact) mass is 339 g/mol. The van der Waals surface area contributed by atoms with Crippen LogP contribution in [0.2, 0.25) is 5.02 Å². The molecule has 0 aliphatic carbocycles. The third kappa shape index (κ3) is 3.49. The summed E-state index contributed by atoms with van der Waals surface area (Å²) in [6.45, 7) is 0. The summed E-state index contributed by atoms with van der Waals surface area (Å²) >= 11 is 9.40. The van der Waals surface area contributed by atoms with Crippen molar-refractivity contribution in [1.29, 1.82) is 0 Å². The van der Waals surface area contributed by atoms with E-state index in [-0.39, 0.29) is 0 Å². The van der Waals surface area contributed by atoms with Crippen LogP contribution in [-0.2, 0) is 4.79 Å². The molecule has 2 aromatic carbocycles. The van der Waals surface area contributed by atoms with E-state index in [4.69, 9.17) is 11.6 Å². The second kappa shape index (κ2) is 6.08. The standard InChI is InChI=1S/C14H11BrClNO2/c15-9-6-7-11(12(16)8-9)13(14(18)19)17-10-4-2-1-3-5-10/h1-8,13,17H,(H,18,19). The minimum atomic E-state index is -0.979. The molecule has 0 spiro atoms. The van der Waals surface area contributed by atoms with E-state index in [2.05, 4.69) is 21.2 Å². The minimum Gasteiger partial charge on any atom is -0.479 e. The second-order valence-electron chi connectivity index (χ2n) is 3.95. The molecule has 2 rings (SSSR count). The van der Waals surface area contributed by atoms with Crippen molar-refractivity contribution in [3.63, 3.8) is 0 Å². The van der Waals surface area contributed by atoms with Crippen molar-refractivity contribution in [1.82, 2.24) is 0 Å². The van der Waals surface area contributed by atoms with Gasteiger partial charge in [-0.1, -0.05) is 51.8 Å². The van der Waals surface area contributed by atoms with E-state index in [1.54, 1.807) is 18.2 Å². The molecule has 0 saturated carbocycles. The summed E-state index contributed by atoms with van der Waals surface area (Å²) in [7, 11) is 0. The first-order valence-electron chi connectivity index (χ1n) is 5.57. The van der Waals surface area contributed by atoms with E-state index in [1.165, 1.54) is 0 Å². The number of aliphatic carboxylic acids is 1. The lowest BCUT2D eigenvalue weighted by molar-refractivity contribution is -0.138. The Balaban J connectivity index is 2.33. The van der Waals surface area contributed by atoms with Gasteiger partial charge in [-0.15, -0.1) is 0 Å². The SMILES string of the molecule is O=C(O)C(Nc1ccccc1)c1ccc(Br)cc1Cl. The molecule has 3 nitrogen and oxygen atoms in total. The van der Waals surface area contributed by atoms with Gasteiger partial charge in [0.15, 0.2) is 6.04 Å². The molecule has 0 amide bonds. The summed E-state index contributed by atoms with van der Waals surface area (Å²) < 4.78 is 0.810. The van der Waals surface area contributed by atoms with E-state index in [1.807, 2.05) is 30.3 Å². The lowest BCUT2D eigenvalue weighted by Crippen LogP contribution is -2.20. The lowest BCUT2D eigenvalue weighted by Gasteiger charge is -2.17. The first-order valence-corrected chi connectivity index (χ1v) is 6.74. The van der Waals surface area contributed by atoms with Crippen molar-refractivity contribution in [2.24, 2.45) is 0 Å². The maximum Gasteiger partial charge on any atom is 0.330 e. The number of rotatable bonds is 4. The highest BCUT2D eigenvalue weighted by atomic mass is 79.9. The largest absolute Gasteiger partial charge is 0.479 e. The Kier molecular flexibility index (Phi) is 4.45. The summed E-state index contributed by atoms with van der Waals surface area (Å²) in [4.78, 5) is 11.4. The van der Waals surface area contributed by atoms with Gasteiger partial charge in [-0.3, -0.25) is 0 Å².